The minimum atomic E-state index is -0.451. The van der Waals surface area contributed by atoms with E-state index in [-0.39, 0.29) is 5.92 Å². The number of hydrogen-bond donors (Lipinski definition) is 0. The SMILES string of the molecule is CCOC(=O)C1=CC(=O)N=C2C=CC=CC12. The molecule has 4 heteroatoms. The third-order valence-electron chi connectivity index (χ3n) is 2.36. The highest BCUT2D eigenvalue weighted by Crippen LogP contribution is 2.24. The highest BCUT2D eigenvalue weighted by molar-refractivity contribution is 6.17. The second kappa shape index (κ2) is 4.26. The molecule has 82 valence electrons. The van der Waals surface area contributed by atoms with Gasteiger partial charge in [-0.3, -0.25) is 4.79 Å². The number of amides is 1. The van der Waals surface area contributed by atoms with Crippen LogP contribution >= 0.6 is 0 Å². The Morgan fingerprint density at radius 1 is 1.50 bits per heavy atom. The largest absolute Gasteiger partial charge is 0.463 e. The minimum absolute atomic E-state index is 0.248. The van der Waals surface area contributed by atoms with Crippen molar-refractivity contribution in [2.45, 2.75) is 6.92 Å². The fraction of sp³-hybridized carbons (Fsp3) is 0.250. The van der Waals surface area contributed by atoms with Crippen LogP contribution in [0.15, 0.2) is 40.9 Å². The Morgan fingerprint density at radius 3 is 3.06 bits per heavy atom. The van der Waals surface area contributed by atoms with Crippen molar-refractivity contribution in [2.75, 3.05) is 6.61 Å². The molecule has 1 amide bonds. The zero-order chi connectivity index (χ0) is 11.5. The highest BCUT2D eigenvalue weighted by atomic mass is 16.5. The molecule has 0 saturated heterocycles. The van der Waals surface area contributed by atoms with Gasteiger partial charge in [0.2, 0.25) is 0 Å². The fourth-order valence-corrected chi connectivity index (χ4v) is 1.68. The molecule has 0 radical (unpaired) electrons. The van der Waals surface area contributed by atoms with Gasteiger partial charge >= 0.3 is 5.97 Å². The zero-order valence-electron chi connectivity index (χ0n) is 8.84. The summed E-state index contributed by atoms with van der Waals surface area (Å²) in [6.45, 7) is 2.03. The number of carbonyl (C=O) groups excluding carboxylic acids is 2. The fourth-order valence-electron chi connectivity index (χ4n) is 1.68. The molecule has 0 N–H and O–H groups in total. The molecule has 0 saturated carbocycles. The Kier molecular flexibility index (Phi) is 2.81. The Balaban J connectivity index is 2.31. The van der Waals surface area contributed by atoms with Crippen LogP contribution in [0.1, 0.15) is 6.92 Å². The lowest BCUT2D eigenvalue weighted by atomic mass is 9.88. The first-order chi connectivity index (χ1) is 7.72. The van der Waals surface area contributed by atoms with Gasteiger partial charge in [0.1, 0.15) is 0 Å². The molecular weight excluding hydrogens is 206 g/mol. The number of fused-ring (bicyclic) bond motifs is 1. The van der Waals surface area contributed by atoms with E-state index in [0.717, 1.165) is 0 Å². The quantitative estimate of drug-likeness (QED) is 0.653. The Hall–Kier alpha value is -1.97. The van der Waals surface area contributed by atoms with Crippen LogP contribution in [0.25, 0.3) is 0 Å². The van der Waals surface area contributed by atoms with Crippen LogP contribution < -0.4 is 0 Å². The number of ether oxygens (including phenoxy) is 1. The molecule has 0 aromatic carbocycles. The Bertz CT molecular complexity index is 455. The summed E-state index contributed by atoms with van der Waals surface area (Å²) in [5.41, 5.74) is 0.954. The van der Waals surface area contributed by atoms with Crippen molar-refractivity contribution in [1.29, 1.82) is 0 Å². The van der Waals surface area contributed by atoms with E-state index in [0.29, 0.717) is 17.9 Å². The average molecular weight is 217 g/mol. The van der Waals surface area contributed by atoms with E-state index in [2.05, 4.69) is 4.99 Å². The summed E-state index contributed by atoms with van der Waals surface area (Å²) in [5.74, 6) is -1.11. The number of carbonyl (C=O) groups is 2. The van der Waals surface area contributed by atoms with Gasteiger partial charge in [-0.25, -0.2) is 9.79 Å². The zero-order valence-corrected chi connectivity index (χ0v) is 8.84. The van der Waals surface area contributed by atoms with Crippen LogP contribution in [0.4, 0.5) is 0 Å². The van der Waals surface area contributed by atoms with Crippen LogP contribution in [0, 0.1) is 5.92 Å². The first-order valence-corrected chi connectivity index (χ1v) is 5.08. The normalized spacial score (nSPS) is 22.3. The van der Waals surface area contributed by atoms with Crippen molar-refractivity contribution in [3.8, 4) is 0 Å². The molecule has 4 nitrogen and oxygen atoms in total. The lowest BCUT2D eigenvalue weighted by Gasteiger charge is -2.20. The molecule has 1 heterocycles. The summed E-state index contributed by atoms with van der Waals surface area (Å²) >= 11 is 0. The molecule has 0 spiro atoms. The van der Waals surface area contributed by atoms with Crippen molar-refractivity contribution < 1.29 is 14.3 Å². The van der Waals surface area contributed by atoms with E-state index < -0.39 is 11.9 Å². The van der Waals surface area contributed by atoms with E-state index in [9.17, 15) is 9.59 Å². The molecule has 1 aliphatic carbocycles. The molecule has 0 aromatic rings. The molecule has 1 unspecified atom stereocenters. The van der Waals surface area contributed by atoms with Gasteiger partial charge < -0.3 is 4.74 Å². The molecule has 16 heavy (non-hydrogen) atoms. The van der Waals surface area contributed by atoms with Crippen LogP contribution in [0.2, 0.25) is 0 Å². The summed E-state index contributed by atoms with van der Waals surface area (Å²) in [6.07, 6.45) is 8.42. The van der Waals surface area contributed by atoms with E-state index in [1.54, 1.807) is 19.1 Å². The monoisotopic (exact) mass is 217 g/mol. The number of allylic oxidation sites excluding steroid dienone is 4. The third-order valence-corrected chi connectivity index (χ3v) is 2.36. The van der Waals surface area contributed by atoms with Crippen molar-refractivity contribution in [3.05, 3.63) is 36.0 Å². The third kappa shape index (κ3) is 1.86. The molecule has 2 rings (SSSR count). The van der Waals surface area contributed by atoms with Gasteiger partial charge in [-0.2, -0.15) is 0 Å². The molecule has 1 aliphatic heterocycles. The van der Waals surface area contributed by atoms with E-state index in [1.165, 1.54) is 6.08 Å². The summed E-state index contributed by atoms with van der Waals surface area (Å²) in [4.78, 5) is 26.8. The summed E-state index contributed by atoms with van der Waals surface area (Å²) in [7, 11) is 0. The summed E-state index contributed by atoms with van der Waals surface area (Å²) in [5, 5.41) is 0. The van der Waals surface area contributed by atoms with Gasteiger partial charge in [-0.1, -0.05) is 18.2 Å². The van der Waals surface area contributed by atoms with Crippen molar-refractivity contribution in [2.24, 2.45) is 10.9 Å². The van der Waals surface area contributed by atoms with Gasteiger partial charge in [-0.05, 0) is 13.0 Å². The van der Waals surface area contributed by atoms with Gasteiger partial charge in [0, 0.05) is 6.08 Å². The number of dihydropyridines is 1. The predicted molar refractivity (Wildman–Crippen MR) is 58.9 cm³/mol. The van der Waals surface area contributed by atoms with Crippen molar-refractivity contribution >= 4 is 17.6 Å². The second-order valence-electron chi connectivity index (χ2n) is 3.42. The highest BCUT2D eigenvalue weighted by Gasteiger charge is 2.29. The van der Waals surface area contributed by atoms with Gasteiger partial charge in [0.05, 0.1) is 23.8 Å². The molecule has 0 fully saturated rings. The van der Waals surface area contributed by atoms with Crippen molar-refractivity contribution in [1.82, 2.24) is 0 Å². The van der Waals surface area contributed by atoms with Crippen LogP contribution in [0.3, 0.4) is 0 Å². The maximum atomic E-state index is 11.6. The minimum Gasteiger partial charge on any atom is -0.463 e. The van der Waals surface area contributed by atoms with Crippen LogP contribution in [-0.4, -0.2) is 24.2 Å². The average Bonchev–Trinajstić information content (AvgIpc) is 2.28. The number of esters is 1. The molecule has 2 aliphatic rings. The van der Waals surface area contributed by atoms with E-state index in [1.807, 2.05) is 12.2 Å². The maximum Gasteiger partial charge on any atom is 0.335 e. The predicted octanol–water partition coefficient (Wildman–Crippen LogP) is 1.20. The maximum absolute atomic E-state index is 11.6. The molecular formula is C12H11NO3. The lowest BCUT2D eigenvalue weighted by Crippen LogP contribution is -2.26. The molecule has 0 aromatic heterocycles. The Morgan fingerprint density at radius 2 is 2.31 bits per heavy atom. The van der Waals surface area contributed by atoms with Gasteiger partial charge in [-0.15, -0.1) is 0 Å². The second-order valence-corrected chi connectivity index (χ2v) is 3.42. The number of aliphatic imine (C=N–C) groups is 1. The van der Waals surface area contributed by atoms with Crippen LogP contribution in [-0.2, 0) is 14.3 Å². The van der Waals surface area contributed by atoms with Gasteiger partial charge in [0.25, 0.3) is 5.91 Å². The first kappa shape index (κ1) is 10.5. The first-order valence-electron chi connectivity index (χ1n) is 5.08. The summed E-state index contributed by atoms with van der Waals surface area (Å²) < 4.78 is 4.91. The summed E-state index contributed by atoms with van der Waals surface area (Å²) in [6, 6.07) is 0. The topological polar surface area (TPSA) is 55.7 Å². The van der Waals surface area contributed by atoms with Crippen LogP contribution in [0.5, 0.6) is 0 Å². The lowest BCUT2D eigenvalue weighted by molar-refractivity contribution is -0.139. The van der Waals surface area contributed by atoms with E-state index >= 15 is 0 Å². The van der Waals surface area contributed by atoms with Gasteiger partial charge in [0.15, 0.2) is 0 Å². The number of nitrogens with zero attached hydrogens (tertiary/aromatic N) is 1. The Labute approximate surface area is 93.0 Å². The standard InChI is InChI=1S/C12H11NO3/c1-2-16-12(15)9-7-11(14)13-10-6-4-3-5-8(9)10/h3-8H,2H2,1H3. The molecule has 1 atom stereocenters. The van der Waals surface area contributed by atoms with E-state index in [4.69, 9.17) is 4.74 Å². The molecule has 0 bridgehead atoms. The number of hydrogen-bond acceptors (Lipinski definition) is 3. The van der Waals surface area contributed by atoms with Crippen molar-refractivity contribution in [3.63, 3.8) is 0 Å². The number of rotatable bonds is 2. The smallest absolute Gasteiger partial charge is 0.335 e.